The second-order valence-corrected chi connectivity index (χ2v) is 4.44. The summed E-state index contributed by atoms with van der Waals surface area (Å²) in [6, 6.07) is 8.73. The molecule has 4 nitrogen and oxygen atoms in total. The van der Waals surface area contributed by atoms with E-state index in [9.17, 15) is 13.6 Å². The van der Waals surface area contributed by atoms with Crippen LogP contribution in [0.25, 0.3) is 22.0 Å². The zero-order valence-corrected chi connectivity index (χ0v) is 11.0. The molecule has 0 fully saturated rings. The van der Waals surface area contributed by atoms with Gasteiger partial charge in [0.25, 0.3) is 5.56 Å². The molecule has 0 saturated heterocycles. The lowest BCUT2D eigenvalue weighted by molar-refractivity contribution is 0.415. The number of rotatable bonds is 2. The summed E-state index contributed by atoms with van der Waals surface area (Å²) < 4.78 is 31.8. The van der Waals surface area contributed by atoms with E-state index in [-0.39, 0.29) is 10.8 Å². The predicted octanol–water partition coefficient (Wildman–Crippen LogP) is 2.88. The van der Waals surface area contributed by atoms with Crippen molar-refractivity contribution in [2.24, 2.45) is 0 Å². The molecule has 6 heteroatoms. The normalized spacial score (nSPS) is 10.8. The Morgan fingerprint density at radius 1 is 1.05 bits per heavy atom. The minimum absolute atomic E-state index is 0.0507. The molecular weight excluding hydrogens is 278 g/mol. The van der Waals surface area contributed by atoms with Crippen LogP contribution in [-0.4, -0.2) is 17.3 Å². The standard InChI is InChI=1S/C15H10F2N2O2/c1-21-9-4-2-8(3-5-9)14-10-6-12(16)13(17)7-11(10)15(20)19-18-14/h2-7H,1H3,(H,19,20). The van der Waals surface area contributed by atoms with Gasteiger partial charge in [-0.15, -0.1) is 0 Å². The lowest BCUT2D eigenvalue weighted by Gasteiger charge is -2.06. The van der Waals surface area contributed by atoms with Crippen molar-refractivity contribution < 1.29 is 13.5 Å². The summed E-state index contributed by atoms with van der Waals surface area (Å²) in [5.74, 6) is -1.44. The van der Waals surface area contributed by atoms with E-state index in [0.29, 0.717) is 17.0 Å². The van der Waals surface area contributed by atoms with Gasteiger partial charge < -0.3 is 4.74 Å². The number of nitrogens with zero attached hydrogens (tertiary/aromatic N) is 1. The summed E-state index contributed by atoms with van der Waals surface area (Å²) in [6.45, 7) is 0. The first-order chi connectivity index (χ1) is 10.1. The lowest BCUT2D eigenvalue weighted by atomic mass is 10.0. The quantitative estimate of drug-likeness (QED) is 0.789. The summed E-state index contributed by atoms with van der Waals surface area (Å²) in [6.07, 6.45) is 0. The summed E-state index contributed by atoms with van der Waals surface area (Å²) in [5.41, 5.74) is 0.454. The molecule has 21 heavy (non-hydrogen) atoms. The van der Waals surface area contributed by atoms with E-state index in [1.807, 2.05) is 0 Å². The molecule has 3 aromatic rings. The van der Waals surface area contributed by atoms with E-state index in [1.165, 1.54) is 0 Å². The van der Waals surface area contributed by atoms with Gasteiger partial charge in [0.1, 0.15) is 5.75 Å². The maximum absolute atomic E-state index is 13.5. The number of methoxy groups -OCH3 is 1. The van der Waals surface area contributed by atoms with Crippen molar-refractivity contribution in [1.82, 2.24) is 10.2 Å². The molecule has 0 spiro atoms. The molecular formula is C15H10F2N2O2. The van der Waals surface area contributed by atoms with Crippen LogP contribution in [0.3, 0.4) is 0 Å². The van der Waals surface area contributed by atoms with Crippen LogP contribution in [-0.2, 0) is 0 Å². The van der Waals surface area contributed by atoms with Gasteiger partial charge in [0.05, 0.1) is 18.2 Å². The van der Waals surface area contributed by atoms with Gasteiger partial charge in [-0.1, -0.05) is 0 Å². The third-order valence-electron chi connectivity index (χ3n) is 3.19. The van der Waals surface area contributed by atoms with Crippen molar-refractivity contribution in [2.75, 3.05) is 7.11 Å². The second-order valence-electron chi connectivity index (χ2n) is 4.44. The molecule has 106 valence electrons. The van der Waals surface area contributed by atoms with E-state index in [2.05, 4.69) is 10.2 Å². The second kappa shape index (κ2) is 4.97. The van der Waals surface area contributed by atoms with Crippen LogP contribution in [0.2, 0.25) is 0 Å². The maximum atomic E-state index is 13.5. The van der Waals surface area contributed by atoms with Crippen LogP contribution < -0.4 is 10.3 Å². The van der Waals surface area contributed by atoms with Crippen molar-refractivity contribution >= 4 is 10.8 Å². The molecule has 1 heterocycles. The molecule has 0 bridgehead atoms. The molecule has 2 aromatic carbocycles. The number of fused-ring (bicyclic) bond motifs is 1. The molecule has 0 aliphatic rings. The third-order valence-corrected chi connectivity index (χ3v) is 3.19. The highest BCUT2D eigenvalue weighted by Crippen LogP contribution is 2.27. The zero-order chi connectivity index (χ0) is 15.0. The van der Waals surface area contributed by atoms with Gasteiger partial charge in [-0.05, 0) is 36.4 Å². The van der Waals surface area contributed by atoms with E-state index in [0.717, 1.165) is 12.1 Å². The Labute approximate surface area is 118 Å². The van der Waals surface area contributed by atoms with E-state index in [1.54, 1.807) is 31.4 Å². The smallest absolute Gasteiger partial charge is 0.272 e. The Bertz CT molecular complexity index is 873. The fraction of sp³-hybridized carbons (Fsp3) is 0.0667. The summed E-state index contributed by atoms with van der Waals surface area (Å²) in [5, 5.41) is 6.53. The lowest BCUT2D eigenvalue weighted by Crippen LogP contribution is -2.10. The van der Waals surface area contributed by atoms with Gasteiger partial charge in [0, 0.05) is 10.9 Å². The number of nitrogens with one attached hydrogen (secondary N) is 1. The van der Waals surface area contributed by atoms with Crippen LogP contribution in [0.15, 0.2) is 41.2 Å². The minimum atomic E-state index is -1.07. The first kappa shape index (κ1) is 13.2. The fourth-order valence-corrected chi connectivity index (χ4v) is 2.13. The first-order valence-electron chi connectivity index (χ1n) is 6.12. The number of halogens is 2. The number of benzene rings is 2. The highest BCUT2D eigenvalue weighted by molar-refractivity contribution is 5.93. The van der Waals surface area contributed by atoms with E-state index < -0.39 is 17.2 Å². The zero-order valence-electron chi connectivity index (χ0n) is 11.0. The molecule has 0 saturated carbocycles. The van der Waals surface area contributed by atoms with Crippen LogP contribution in [0.1, 0.15) is 0 Å². The monoisotopic (exact) mass is 288 g/mol. The highest BCUT2D eigenvalue weighted by atomic mass is 19.2. The number of aromatic nitrogens is 2. The number of H-pyrrole nitrogens is 1. The highest BCUT2D eigenvalue weighted by Gasteiger charge is 2.13. The fourth-order valence-electron chi connectivity index (χ4n) is 2.13. The van der Waals surface area contributed by atoms with Crippen LogP contribution in [0.4, 0.5) is 8.78 Å². The molecule has 0 aliphatic heterocycles. The Morgan fingerprint density at radius 3 is 2.29 bits per heavy atom. The number of hydrogen-bond donors (Lipinski definition) is 1. The minimum Gasteiger partial charge on any atom is -0.497 e. The number of ether oxygens (including phenoxy) is 1. The molecule has 0 unspecified atom stereocenters. The topological polar surface area (TPSA) is 55.0 Å². The molecule has 0 radical (unpaired) electrons. The third kappa shape index (κ3) is 2.24. The van der Waals surface area contributed by atoms with Crippen LogP contribution in [0, 0.1) is 11.6 Å². The van der Waals surface area contributed by atoms with Crippen LogP contribution >= 0.6 is 0 Å². The van der Waals surface area contributed by atoms with Gasteiger partial charge in [-0.25, -0.2) is 13.9 Å². The van der Waals surface area contributed by atoms with Gasteiger partial charge in [0.15, 0.2) is 11.6 Å². The summed E-state index contributed by atoms with van der Waals surface area (Å²) >= 11 is 0. The van der Waals surface area contributed by atoms with Crippen molar-refractivity contribution in [3.8, 4) is 17.0 Å². The van der Waals surface area contributed by atoms with E-state index in [4.69, 9.17) is 4.74 Å². The van der Waals surface area contributed by atoms with Gasteiger partial charge in [-0.2, -0.15) is 5.10 Å². The predicted molar refractivity (Wildman–Crippen MR) is 74.3 cm³/mol. The Kier molecular flexibility index (Phi) is 3.13. The molecule has 1 N–H and O–H groups in total. The van der Waals surface area contributed by atoms with Crippen molar-refractivity contribution in [3.05, 3.63) is 58.4 Å². The SMILES string of the molecule is COc1ccc(-c2n[nH]c(=O)c3cc(F)c(F)cc23)cc1. The van der Waals surface area contributed by atoms with Crippen molar-refractivity contribution in [2.45, 2.75) is 0 Å². The molecule has 0 aliphatic carbocycles. The molecule has 0 atom stereocenters. The Morgan fingerprint density at radius 2 is 1.67 bits per heavy atom. The van der Waals surface area contributed by atoms with Gasteiger partial charge >= 0.3 is 0 Å². The number of aromatic amines is 1. The Balaban J connectivity index is 2.29. The molecule has 0 amide bonds. The summed E-state index contributed by atoms with van der Waals surface area (Å²) in [7, 11) is 1.54. The van der Waals surface area contributed by atoms with Gasteiger partial charge in [-0.3, -0.25) is 4.79 Å². The van der Waals surface area contributed by atoms with Gasteiger partial charge in [0.2, 0.25) is 0 Å². The van der Waals surface area contributed by atoms with Crippen LogP contribution in [0.5, 0.6) is 5.75 Å². The first-order valence-corrected chi connectivity index (χ1v) is 6.12. The Hall–Kier alpha value is -2.76. The van der Waals surface area contributed by atoms with Crippen molar-refractivity contribution in [1.29, 1.82) is 0 Å². The molecule has 1 aromatic heterocycles. The summed E-state index contributed by atoms with van der Waals surface area (Å²) in [4.78, 5) is 11.7. The number of hydrogen-bond acceptors (Lipinski definition) is 3. The molecule has 3 rings (SSSR count). The average molecular weight is 288 g/mol. The van der Waals surface area contributed by atoms with E-state index >= 15 is 0 Å². The average Bonchev–Trinajstić information content (AvgIpc) is 2.50. The van der Waals surface area contributed by atoms with Crippen molar-refractivity contribution in [3.63, 3.8) is 0 Å². The maximum Gasteiger partial charge on any atom is 0.272 e. The largest absolute Gasteiger partial charge is 0.497 e.